The smallest absolute Gasteiger partial charge is 0.145 e. The molecule has 0 aliphatic heterocycles. The Bertz CT molecular complexity index is 95.0. The molecule has 0 fully saturated rings. The third-order valence-electron chi connectivity index (χ3n) is 0.938. The van der Waals surface area contributed by atoms with Gasteiger partial charge in [-0.2, -0.15) is 0 Å². The van der Waals surface area contributed by atoms with Gasteiger partial charge in [-0.05, 0) is 0 Å². The van der Waals surface area contributed by atoms with Gasteiger partial charge in [-0.15, -0.1) is 6.58 Å². The molecule has 0 rings (SSSR count). The summed E-state index contributed by atoms with van der Waals surface area (Å²) < 4.78 is 4.10. The van der Waals surface area contributed by atoms with Crippen LogP contribution in [0.2, 0.25) is 0 Å². The first kappa shape index (κ1) is 9.50. The maximum Gasteiger partial charge on any atom is 0.145 e. The monoisotopic (exact) mass is 184 g/mol. The molecule has 0 radical (unpaired) electrons. The second-order valence-electron chi connectivity index (χ2n) is 1.71. The lowest BCUT2D eigenvalue weighted by Crippen LogP contribution is -2.11. The zero-order valence-electron chi connectivity index (χ0n) is 5.36. The van der Waals surface area contributed by atoms with Gasteiger partial charge in [0.1, 0.15) is 14.8 Å². The van der Waals surface area contributed by atoms with Crippen molar-refractivity contribution in [3.05, 3.63) is 12.7 Å². The highest BCUT2D eigenvalue weighted by Gasteiger charge is 2.17. The van der Waals surface area contributed by atoms with E-state index < -0.39 is 4.33 Å². The highest BCUT2D eigenvalue weighted by atomic mass is 35.5. The van der Waals surface area contributed by atoms with Crippen LogP contribution in [-0.4, -0.2) is 21.4 Å². The molecule has 0 spiro atoms. The van der Waals surface area contributed by atoms with Crippen molar-refractivity contribution >= 4 is 33.7 Å². The second-order valence-corrected chi connectivity index (χ2v) is 3.83. The fourth-order valence-corrected chi connectivity index (χ4v) is 0.699. The molecule has 0 aromatic heterocycles. The van der Waals surface area contributed by atoms with Crippen LogP contribution in [0.1, 0.15) is 6.42 Å². The molecule has 0 N–H and O–H groups in total. The summed E-state index contributed by atoms with van der Waals surface area (Å²) in [5.74, 6) is 0. The van der Waals surface area contributed by atoms with E-state index >= 15 is 0 Å². The Labute approximate surface area is 68.5 Å². The van der Waals surface area contributed by atoms with Crippen LogP contribution in [0.5, 0.6) is 0 Å². The zero-order valence-corrected chi connectivity index (χ0v) is 8.87. The molecule has 9 heavy (non-hydrogen) atoms. The minimum absolute atomic E-state index is 0.614. The van der Waals surface area contributed by atoms with E-state index in [0.29, 0.717) is 13.0 Å². The predicted octanol–water partition coefficient (Wildman–Crippen LogP) is 1.03. The van der Waals surface area contributed by atoms with Gasteiger partial charge in [0.2, 0.25) is 0 Å². The molecule has 0 atom stereocenters. The molecule has 0 heterocycles. The van der Waals surface area contributed by atoms with Crippen molar-refractivity contribution in [2.24, 2.45) is 0 Å². The van der Waals surface area contributed by atoms with Crippen molar-refractivity contribution in [2.45, 2.75) is 10.8 Å². The molecular weight excluding hydrogens is 175 g/mol. The SMILES string of the molecule is C=CC(Cl)(Cl)CCO[SiH3]. The Morgan fingerprint density at radius 1 is 1.67 bits per heavy atom. The molecule has 0 aliphatic rings. The molecule has 0 saturated heterocycles. The summed E-state index contributed by atoms with van der Waals surface area (Å²) in [6, 6.07) is 0. The van der Waals surface area contributed by atoms with Gasteiger partial charge in [0.15, 0.2) is 0 Å². The van der Waals surface area contributed by atoms with Crippen LogP contribution in [0.3, 0.4) is 0 Å². The predicted molar refractivity (Wildman–Crippen MR) is 45.1 cm³/mol. The summed E-state index contributed by atoms with van der Waals surface area (Å²) in [5, 5.41) is 0. The van der Waals surface area contributed by atoms with Crippen LogP contribution in [-0.2, 0) is 4.43 Å². The Morgan fingerprint density at radius 2 is 2.22 bits per heavy atom. The third kappa shape index (κ3) is 4.97. The molecule has 1 nitrogen and oxygen atoms in total. The molecule has 0 aromatic carbocycles. The van der Waals surface area contributed by atoms with Gasteiger partial charge in [-0.3, -0.25) is 0 Å². The second kappa shape index (κ2) is 4.33. The topological polar surface area (TPSA) is 9.23 Å². The first-order valence-electron chi connectivity index (χ1n) is 2.63. The largest absolute Gasteiger partial charge is 0.428 e. The fourth-order valence-electron chi connectivity index (χ4n) is 0.340. The standard InChI is InChI=1S/C5H10Cl2OSi/c1-2-5(6,7)3-4-8-9/h2H,1,3-4H2,9H3. The van der Waals surface area contributed by atoms with E-state index in [1.165, 1.54) is 6.08 Å². The quantitative estimate of drug-likeness (QED) is 0.361. The van der Waals surface area contributed by atoms with Crippen molar-refractivity contribution in [1.29, 1.82) is 0 Å². The molecule has 0 bridgehead atoms. The van der Waals surface area contributed by atoms with E-state index in [0.717, 1.165) is 10.5 Å². The van der Waals surface area contributed by atoms with Crippen molar-refractivity contribution in [3.8, 4) is 0 Å². The summed E-state index contributed by atoms with van der Waals surface area (Å²) in [6.07, 6.45) is 2.12. The van der Waals surface area contributed by atoms with Gasteiger partial charge < -0.3 is 4.43 Å². The van der Waals surface area contributed by atoms with E-state index in [-0.39, 0.29) is 0 Å². The summed E-state index contributed by atoms with van der Waals surface area (Å²) in [7, 11) is 0.733. The first-order chi connectivity index (χ1) is 4.12. The average Bonchev–Trinajstić information content (AvgIpc) is 1.84. The van der Waals surface area contributed by atoms with E-state index in [9.17, 15) is 0 Å². The Balaban J connectivity index is 3.45. The van der Waals surface area contributed by atoms with E-state index in [4.69, 9.17) is 27.6 Å². The normalized spacial score (nSPS) is 11.8. The highest BCUT2D eigenvalue weighted by molar-refractivity contribution is 6.49. The molecule has 0 aromatic rings. The van der Waals surface area contributed by atoms with E-state index in [2.05, 4.69) is 6.58 Å². The third-order valence-corrected chi connectivity index (χ3v) is 2.03. The molecule has 4 heteroatoms. The van der Waals surface area contributed by atoms with Gasteiger partial charge in [0.25, 0.3) is 0 Å². The summed E-state index contributed by atoms with van der Waals surface area (Å²) in [4.78, 5) is 0. The van der Waals surface area contributed by atoms with Crippen molar-refractivity contribution in [2.75, 3.05) is 6.61 Å². The van der Waals surface area contributed by atoms with Gasteiger partial charge in [0, 0.05) is 13.0 Å². The maximum absolute atomic E-state index is 5.68. The van der Waals surface area contributed by atoms with Crippen molar-refractivity contribution < 1.29 is 4.43 Å². The number of halogens is 2. The number of hydrogen-bond donors (Lipinski definition) is 0. The van der Waals surface area contributed by atoms with Crippen molar-refractivity contribution in [3.63, 3.8) is 0 Å². The number of hydrogen-bond acceptors (Lipinski definition) is 1. The lowest BCUT2D eigenvalue weighted by atomic mass is 10.3. The molecule has 0 aliphatic carbocycles. The van der Waals surface area contributed by atoms with Gasteiger partial charge >= 0.3 is 0 Å². The number of alkyl halides is 2. The highest BCUT2D eigenvalue weighted by Crippen LogP contribution is 2.25. The zero-order chi connectivity index (χ0) is 7.33. The van der Waals surface area contributed by atoms with Gasteiger partial charge in [-0.25, -0.2) is 0 Å². The maximum atomic E-state index is 5.68. The minimum atomic E-state index is -0.801. The first-order valence-corrected chi connectivity index (χ1v) is 4.20. The molecule has 54 valence electrons. The lowest BCUT2D eigenvalue weighted by molar-refractivity contribution is 0.339. The molecule has 0 amide bonds. The summed E-state index contributed by atoms with van der Waals surface area (Å²) in [6.45, 7) is 4.09. The number of allylic oxidation sites excluding steroid dienone is 1. The van der Waals surface area contributed by atoms with Crippen LogP contribution >= 0.6 is 23.2 Å². The van der Waals surface area contributed by atoms with Gasteiger partial charge in [-0.1, -0.05) is 29.3 Å². The molecular formula is C5H10Cl2OSi. The lowest BCUT2D eigenvalue weighted by Gasteiger charge is -2.12. The van der Waals surface area contributed by atoms with Crippen LogP contribution in [0.25, 0.3) is 0 Å². The van der Waals surface area contributed by atoms with Crippen LogP contribution in [0.15, 0.2) is 12.7 Å². The molecule has 0 saturated carbocycles. The summed E-state index contributed by atoms with van der Waals surface area (Å²) in [5.41, 5.74) is 0. The van der Waals surface area contributed by atoms with Crippen LogP contribution < -0.4 is 0 Å². The minimum Gasteiger partial charge on any atom is -0.428 e. The summed E-state index contributed by atoms with van der Waals surface area (Å²) >= 11 is 11.4. The average molecular weight is 185 g/mol. The Morgan fingerprint density at radius 3 is 2.56 bits per heavy atom. The Hall–Kier alpha value is 0.497. The van der Waals surface area contributed by atoms with E-state index in [1.807, 2.05) is 0 Å². The van der Waals surface area contributed by atoms with Crippen molar-refractivity contribution in [1.82, 2.24) is 0 Å². The number of rotatable bonds is 4. The van der Waals surface area contributed by atoms with Gasteiger partial charge in [0.05, 0.1) is 0 Å². The molecule has 0 unspecified atom stereocenters. The fraction of sp³-hybridized carbons (Fsp3) is 0.600. The Kier molecular flexibility index (Phi) is 4.57. The van der Waals surface area contributed by atoms with E-state index in [1.54, 1.807) is 0 Å². The van der Waals surface area contributed by atoms with Crippen LogP contribution in [0, 0.1) is 0 Å². The van der Waals surface area contributed by atoms with Crippen LogP contribution in [0.4, 0.5) is 0 Å².